The van der Waals surface area contributed by atoms with Gasteiger partial charge in [-0.25, -0.2) is 4.98 Å². The average molecular weight is 370 g/mol. The minimum Gasteiger partial charge on any atom is -0.482 e. The fourth-order valence-electron chi connectivity index (χ4n) is 1.93. The molecule has 0 spiro atoms. The summed E-state index contributed by atoms with van der Waals surface area (Å²) < 4.78 is 6.77. The van der Waals surface area contributed by atoms with Crippen molar-refractivity contribution in [1.29, 1.82) is 0 Å². The molecule has 8 heteroatoms. The molecule has 0 saturated heterocycles. The maximum Gasteiger partial charge on any atom is 0.258 e. The van der Waals surface area contributed by atoms with E-state index >= 15 is 0 Å². The van der Waals surface area contributed by atoms with Crippen molar-refractivity contribution in [2.45, 2.75) is 19.9 Å². The fraction of sp³-hybridized carbons (Fsp3) is 0.312. The molecule has 0 fully saturated rings. The number of carbonyl (C=O) groups excluding carboxylic acids is 1. The Morgan fingerprint density at radius 3 is 2.79 bits per heavy atom. The van der Waals surface area contributed by atoms with E-state index in [1.54, 1.807) is 12.1 Å². The molecule has 2 rings (SSSR count). The normalized spacial score (nSPS) is 10.5. The van der Waals surface area contributed by atoms with Crippen molar-refractivity contribution in [2.24, 2.45) is 0 Å². The molecule has 1 N–H and O–H groups in total. The van der Waals surface area contributed by atoms with Crippen LogP contribution in [0.15, 0.2) is 35.4 Å². The number of nitrogens with one attached hydrogen (secondary N) is 1. The number of benzene rings is 1. The molecule has 24 heavy (non-hydrogen) atoms. The van der Waals surface area contributed by atoms with Crippen LogP contribution >= 0.6 is 23.2 Å². The summed E-state index contributed by atoms with van der Waals surface area (Å²) in [5.74, 6) is 0.0685. The molecule has 1 amide bonds. The molecule has 0 bridgehead atoms. The quantitative estimate of drug-likeness (QED) is 0.812. The third-order valence-electron chi connectivity index (χ3n) is 3.23. The number of carbonyl (C=O) groups is 1. The Balaban J connectivity index is 1.78. The molecule has 0 unspecified atom stereocenters. The number of ether oxygens (including phenoxy) is 1. The van der Waals surface area contributed by atoms with Crippen molar-refractivity contribution >= 4 is 29.1 Å². The minimum atomic E-state index is -0.313. The van der Waals surface area contributed by atoms with Crippen LogP contribution < -0.4 is 15.6 Å². The number of rotatable bonds is 7. The summed E-state index contributed by atoms with van der Waals surface area (Å²) in [6.07, 6.45) is 2.19. The van der Waals surface area contributed by atoms with Crippen molar-refractivity contribution in [3.8, 4) is 5.75 Å². The first-order valence-corrected chi connectivity index (χ1v) is 8.15. The molecule has 0 aliphatic heterocycles. The summed E-state index contributed by atoms with van der Waals surface area (Å²) in [4.78, 5) is 27.7. The highest BCUT2D eigenvalue weighted by Gasteiger charge is 2.06. The zero-order chi connectivity index (χ0) is 17.5. The zero-order valence-electron chi connectivity index (χ0n) is 13.1. The van der Waals surface area contributed by atoms with Gasteiger partial charge in [0, 0.05) is 29.9 Å². The standard InChI is InChI=1S/C16H17Cl2N3O3/c1-2-12-8-16(23)21(10-20-12)6-5-19-15(22)9-24-14-4-3-11(17)7-13(14)18/h3-4,7-8,10H,2,5-6,9H2,1H3,(H,19,22). The molecule has 128 valence electrons. The van der Waals surface area contributed by atoms with E-state index in [1.165, 1.54) is 23.0 Å². The second-order valence-corrected chi connectivity index (χ2v) is 5.82. The number of hydrogen-bond donors (Lipinski definition) is 1. The van der Waals surface area contributed by atoms with E-state index < -0.39 is 0 Å². The van der Waals surface area contributed by atoms with Crippen molar-refractivity contribution in [3.05, 3.63) is 56.7 Å². The fourth-order valence-corrected chi connectivity index (χ4v) is 2.39. The first-order valence-electron chi connectivity index (χ1n) is 7.39. The highest BCUT2D eigenvalue weighted by atomic mass is 35.5. The average Bonchev–Trinajstić information content (AvgIpc) is 2.55. The van der Waals surface area contributed by atoms with Crippen LogP contribution in [0, 0.1) is 0 Å². The summed E-state index contributed by atoms with van der Waals surface area (Å²) in [5, 5.41) is 3.50. The highest BCUT2D eigenvalue weighted by molar-refractivity contribution is 6.35. The van der Waals surface area contributed by atoms with Crippen molar-refractivity contribution in [1.82, 2.24) is 14.9 Å². The van der Waals surface area contributed by atoms with Gasteiger partial charge in [0.1, 0.15) is 5.75 Å². The van der Waals surface area contributed by atoms with Crippen LogP contribution in [0.1, 0.15) is 12.6 Å². The number of nitrogens with zero attached hydrogens (tertiary/aromatic N) is 2. The van der Waals surface area contributed by atoms with Gasteiger partial charge in [-0.15, -0.1) is 0 Å². The summed E-state index contributed by atoms with van der Waals surface area (Å²) in [5.41, 5.74) is 0.605. The third-order valence-corrected chi connectivity index (χ3v) is 3.76. The Bertz CT molecular complexity index is 777. The molecular weight excluding hydrogens is 353 g/mol. The molecule has 1 aromatic heterocycles. The Kier molecular flexibility index (Phi) is 6.63. The van der Waals surface area contributed by atoms with E-state index in [4.69, 9.17) is 27.9 Å². The van der Waals surface area contributed by atoms with Gasteiger partial charge >= 0.3 is 0 Å². The molecular formula is C16H17Cl2N3O3. The van der Waals surface area contributed by atoms with Crippen molar-refractivity contribution in [2.75, 3.05) is 13.2 Å². The van der Waals surface area contributed by atoms with Gasteiger partial charge in [-0.1, -0.05) is 30.1 Å². The van der Waals surface area contributed by atoms with Gasteiger partial charge in [0.15, 0.2) is 6.61 Å². The Morgan fingerprint density at radius 2 is 2.12 bits per heavy atom. The number of amides is 1. The van der Waals surface area contributed by atoms with Crippen molar-refractivity contribution in [3.63, 3.8) is 0 Å². The first kappa shape index (κ1) is 18.3. The number of halogens is 2. The van der Waals surface area contributed by atoms with Gasteiger partial charge < -0.3 is 10.1 Å². The summed E-state index contributed by atoms with van der Waals surface area (Å²) in [6, 6.07) is 6.25. The van der Waals surface area contributed by atoms with E-state index in [0.717, 1.165) is 5.69 Å². The molecule has 6 nitrogen and oxygen atoms in total. The second-order valence-electron chi connectivity index (χ2n) is 4.98. The predicted molar refractivity (Wildman–Crippen MR) is 92.8 cm³/mol. The van der Waals surface area contributed by atoms with Gasteiger partial charge in [-0.2, -0.15) is 0 Å². The number of aromatic nitrogens is 2. The van der Waals surface area contributed by atoms with Crippen LogP contribution in [-0.2, 0) is 17.8 Å². The molecule has 0 atom stereocenters. The second kappa shape index (κ2) is 8.70. The van der Waals surface area contributed by atoms with E-state index in [0.29, 0.717) is 35.3 Å². The summed E-state index contributed by atoms with van der Waals surface area (Å²) in [6.45, 7) is 2.38. The lowest BCUT2D eigenvalue weighted by Gasteiger charge is -2.10. The predicted octanol–water partition coefficient (Wildman–Crippen LogP) is 2.31. The van der Waals surface area contributed by atoms with Crippen LogP contribution in [0.5, 0.6) is 5.75 Å². The highest BCUT2D eigenvalue weighted by Crippen LogP contribution is 2.27. The van der Waals surface area contributed by atoms with Crippen LogP contribution in [0.2, 0.25) is 10.0 Å². The van der Waals surface area contributed by atoms with Gasteiger partial charge in [0.05, 0.1) is 11.3 Å². The lowest BCUT2D eigenvalue weighted by molar-refractivity contribution is -0.123. The Labute approximate surface area is 149 Å². The van der Waals surface area contributed by atoms with E-state index in [2.05, 4.69) is 10.3 Å². The topological polar surface area (TPSA) is 73.2 Å². The van der Waals surface area contributed by atoms with Crippen LogP contribution in [-0.4, -0.2) is 28.6 Å². The molecule has 1 heterocycles. The smallest absolute Gasteiger partial charge is 0.258 e. The van der Waals surface area contributed by atoms with Gasteiger partial charge in [-0.3, -0.25) is 14.2 Å². The van der Waals surface area contributed by atoms with Gasteiger partial charge in [0.2, 0.25) is 0 Å². The first-order chi connectivity index (χ1) is 11.5. The molecule has 0 aliphatic rings. The van der Waals surface area contributed by atoms with E-state index in [9.17, 15) is 9.59 Å². The lowest BCUT2D eigenvalue weighted by Crippen LogP contribution is -2.33. The lowest BCUT2D eigenvalue weighted by atomic mass is 10.3. The van der Waals surface area contributed by atoms with E-state index in [1.807, 2.05) is 6.92 Å². The van der Waals surface area contributed by atoms with Crippen LogP contribution in [0.25, 0.3) is 0 Å². The molecule has 0 aliphatic carbocycles. The minimum absolute atomic E-state index is 0.139. The van der Waals surface area contributed by atoms with Gasteiger partial charge in [-0.05, 0) is 24.6 Å². The van der Waals surface area contributed by atoms with Gasteiger partial charge in [0.25, 0.3) is 11.5 Å². The molecule has 1 aromatic carbocycles. The maximum atomic E-state index is 11.8. The molecule has 2 aromatic rings. The Morgan fingerprint density at radius 1 is 1.33 bits per heavy atom. The number of aryl methyl sites for hydroxylation is 1. The summed E-state index contributed by atoms with van der Waals surface area (Å²) in [7, 11) is 0. The van der Waals surface area contributed by atoms with Crippen molar-refractivity contribution < 1.29 is 9.53 Å². The monoisotopic (exact) mass is 369 g/mol. The molecule has 0 saturated carbocycles. The Hall–Kier alpha value is -2.05. The number of hydrogen-bond acceptors (Lipinski definition) is 4. The van der Waals surface area contributed by atoms with Crippen LogP contribution in [0.3, 0.4) is 0 Å². The molecule has 0 radical (unpaired) electrons. The zero-order valence-corrected chi connectivity index (χ0v) is 14.6. The summed E-state index contributed by atoms with van der Waals surface area (Å²) >= 11 is 11.7. The maximum absolute atomic E-state index is 11.8. The van der Waals surface area contributed by atoms with Crippen LogP contribution in [0.4, 0.5) is 0 Å². The van der Waals surface area contributed by atoms with E-state index in [-0.39, 0.29) is 18.1 Å². The SMILES string of the molecule is CCc1cc(=O)n(CCNC(=O)COc2ccc(Cl)cc2Cl)cn1. The third kappa shape index (κ3) is 5.25. The largest absolute Gasteiger partial charge is 0.482 e.